The molecular formula is C24H27N5O3. The van der Waals surface area contributed by atoms with Crippen molar-refractivity contribution in [2.75, 3.05) is 48.4 Å². The Hall–Kier alpha value is -3.65. The highest BCUT2D eigenvalue weighted by Gasteiger charge is 2.14. The zero-order chi connectivity index (χ0) is 22.3. The molecule has 1 aliphatic rings. The summed E-state index contributed by atoms with van der Waals surface area (Å²) in [6.45, 7) is 6.89. The monoisotopic (exact) mass is 433 g/mol. The summed E-state index contributed by atoms with van der Waals surface area (Å²) in [5, 5.41) is 6.08. The number of aromatic nitrogens is 2. The summed E-state index contributed by atoms with van der Waals surface area (Å²) >= 11 is 0. The number of para-hydroxylation sites is 1. The van der Waals surface area contributed by atoms with Gasteiger partial charge < -0.3 is 25.0 Å². The Labute approximate surface area is 187 Å². The molecule has 0 saturated carbocycles. The van der Waals surface area contributed by atoms with Gasteiger partial charge in [0.2, 0.25) is 5.95 Å². The van der Waals surface area contributed by atoms with Crippen molar-refractivity contribution in [3.05, 3.63) is 65.9 Å². The number of ether oxygens (including phenoxy) is 2. The van der Waals surface area contributed by atoms with Crippen molar-refractivity contribution in [1.82, 2.24) is 9.97 Å². The second-order valence-electron chi connectivity index (χ2n) is 7.60. The molecular weight excluding hydrogens is 406 g/mol. The molecule has 8 nitrogen and oxygen atoms in total. The van der Waals surface area contributed by atoms with E-state index in [1.54, 1.807) is 0 Å². The van der Waals surface area contributed by atoms with Gasteiger partial charge in [-0.3, -0.25) is 4.79 Å². The zero-order valence-corrected chi connectivity index (χ0v) is 18.3. The topological polar surface area (TPSA) is 88.6 Å². The predicted molar refractivity (Wildman–Crippen MR) is 125 cm³/mol. The molecule has 1 fully saturated rings. The van der Waals surface area contributed by atoms with Crippen molar-refractivity contribution in [3.8, 4) is 5.75 Å². The third-order valence-electron chi connectivity index (χ3n) is 5.05. The molecule has 8 heteroatoms. The van der Waals surface area contributed by atoms with Crippen LogP contribution in [0.25, 0.3) is 0 Å². The minimum Gasteiger partial charge on any atom is -0.483 e. The van der Waals surface area contributed by atoms with Gasteiger partial charge in [0.15, 0.2) is 6.61 Å². The van der Waals surface area contributed by atoms with E-state index in [0.29, 0.717) is 30.6 Å². The number of rotatable bonds is 7. The number of anilines is 4. The maximum absolute atomic E-state index is 12.2. The molecule has 166 valence electrons. The van der Waals surface area contributed by atoms with Gasteiger partial charge in [-0.2, -0.15) is 4.98 Å². The van der Waals surface area contributed by atoms with Crippen molar-refractivity contribution in [1.29, 1.82) is 0 Å². The van der Waals surface area contributed by atoms with Crippen LogP contribution in [0.15, 0.2) is 54.6 Å². The third-order valence-corrected chi connectivity index (χ3v) is 5.05. The van der Waals surface area contributed by atoms with E-state index in [-0.39, 0.29) is 12.5 Å². The minimum atomic E-state index is -0.217. The first kappa shape index (κ1) is 21.6. The molecule has 3 aromatic rings. The number of morpholine rings is 1. The molecule has 0 bridgehead atoms. The van der Waals surface area contributed by atoms with Gasteiger partial charge in [0, 0.05) is 36.2 Å². The molecule has 2 heterocycles. The van der Waals surface area contributed by atoms with Crippen molar-refractivity contribution in [3.63, 3.8) is 0 Å². The normalized spacial score (nSPS) is 13.5. The fourth-order valence-corrected chi connectivity index (χ4v) is 3.39. The van der Waals surface area contributed by atoms with E-state index in [9.17, 15) is 4.79 Å². The highest BCUT2D eigenvalue weighted by Crippen LogP contribution is 2.21. The van der Waals surface area contributed by atoms with Crippen LogP contribution in [0.1, 0.15) is 11.3 Å². The molecule has 4 rings (SSSR count). The Kier molecular flexibility index (Phi) is 6.81. The van der Waals surface area contributed by atoms with E-state index in [1.807, 2.05) is 68.4 Å². The van der Waals surface area contributed by atoms with Crippen molar-refractivity contribution >= 4 is 29.0 Å². The molecule has 1 amide bonds. The SMILES string of the molecule is Cc1cc(N2CCOCC2)nc(Nc2ccc(NC(=O)COc3ccccc3C)cc2)n1. The van der Waals surface area contributed by atoms with Crippen LogP contribution in [-0.4, -0.2) is 48.8 Å². The lowest BCUT2D eigenvalue weighted by molar-refractivity contribution is -0.118. The number of benzene rings is 2. The fraction of sp³-hybridized carbons (Fsp3) is 0.292. The van der Waals surface area contributed by atoms with Crippen molar-refractivity contribution in [2.24, 2.45) is 0 Å². The summed E-state index contributed by atoms with van der Waals surface area (Å²) in [5.74, 6) is 1.92. The number of hydrogen-bond donors (Lipinski definition) is 2. The predicted octanol–water partition coefficient (Wildman–Crippen LogP) is 3.69. The molecule has 0 atom stereocenters. The van der Waals surface area contributed by atoms with E-state index in [1.165, 1.54) is 0 Å². The van der Waals surface area contributed by atoms with Gasteiger partial charge in [0.05, 0.1) is 13.2 Å². The van der Waals surface area contributed by atoms with Gasteiger partial charge in [-0.1, -0.05) is 18.2 Å². The minimum absolute atomic E-state index is 0.0493. The van der Waals surface area contributed by atoms with Crippen LogP contribution < -0.4 is 20.3 Å². The van der Waals surface area contributed by atoms with Crippen LogP contribution in [0, 0.1) is 13.8 Å². The van der Waals surface area contributed by atoms with E-state index < -0.39 is 0 Å². The van der Waals surface area contributed by atoms with Crippen LogP contribution in [0.2, 0.25) is 0 Å². The van der Waals surface area contributed by atoms with Crippen LogP contribution >= 0.6 is 0 Å². The second kappa shape index (κ2) is 10.1. The van der Waals surface area contributed by atoms with Crippen LogP contribution in [0.3, 0.4) is 0 Å². The fourth-order valence-electron chi connectivity index (χ4n) is 3.39. The standard InChI is InChI=1S/C24H27N5O3/c1-17-5-3-4-6-21(17)32-16-23(30)26-19-7-9-20(10-8-19)27-24-25-18(2)15-22(28-24)29-11-13-31-14-12-29/h3-10,15H,11-14,16H2,1-2H3,(H,26,30)(H,25,27,28). The number of amides is 1. The molecule has 2 N–H and O–H groups in total. The first-order valence-corrected chi connectivity index (χ1v) is 10.6. The maximum Gasteiger partial charge on any atom is 0.262 e. The van der Waals surface area contributed by atoms with Gasteiger partial charge in [-0.05, 0) is 49.7 Å². The zero-order valence-electron chi connectivity index (χ0n) is 18.3. The van der Waals surface area contributed by atoms with E-state index in [4.69, 9.17) is 9.47 Å². The second-order valence-corrected chi connectivity index (χ2v) is 7.60. The van der Waals surface area contributed by atoms with E-state index in [2.05, 4.69) is 25.5 Å². The Balaban J connectivity index is 1.34. The summed E-state index contributed by atoms with van der Waals surface area (Å²) in [7, 11) is 0. The highest BCUT2D eigenvalue weighted by molar-refractivity contribution is 5.92. The smallest absolute Gasteiger partial charge is 0.262 e. The van der Waals surface area contributed by atoms with E-state index in [0.717, 1.165) is 35.9 Å². The molecule has 0 radical (unpaired) electrons. The average Bonchev–Trinajstić information content (AvgIpc) is 2.80. The quantitative estimate of drug-likeness (QED) is 0.587. The lowest BCUT2D eigenvalue weighted by atomic mass is 10.2. The summed E-state index contributed by atoms with van der Waals surface area (Å²) in [6, 6.07) is 17.0. The Morgan fingerprint density at radius 1 is 1.03 bits per heavy atom. The number of nitrogens with one attached hydrogen (secondary N) is 2. The molecule has 1 aromatic heterocycles. The average molecular weight is 434 g/mol. The van der Waals surface area contributed by atoms with Crippen LogP contribution in [0.5, 0.6) is 5.75 Å². The Morgan fingerprint density at radius 3 is 2.50 bits per heavy atom. The number of carbonyl (C=O) groups is 1. The lowest BCUT2D eigenvalue weighted by Crippen LogP contribution is -2.36. The molecule has 0 spiro atoms. The van der Waals surface area contributed by atoms with Gasteiger partial charge in [-0.15, -0.1) is 0 Å². The van der Waals surface area contributed by atoms with Crippen molar-refractivity contribution in [2.45, 2.75) is 13.8 Å². The molecule has 0 aliphatic carbocycles. The molecule has 32 heavy (non-hydrogen) atoms. The molecule has 0 unspecified atom stereocenters. The largest absolute Gasteiger partial charge is 0.483 e. The summed E-state index contributed by atoms with van der Waals surface area (Å²) < 4.78 is 11.0. The molecule has 1 aliphatic heterocycles. The van der Waals surface area contributed by atoms with Crippen LogP contribution in [-0.2, 0) is 9.53 Å². The third kappa shape index (κ3) is 5.73. The molecule has 2 aromatic carbocycles. The van der Waals surface area contributed by atoms with Gasteiger partial charge in [-0.25, -0.2) is 4.98 Å². The summed E-state index contributed by atoms with van der Waals surface area (Å²) in [4.78, 5) is 23.5. The molecule has 1 saturated heterocycles. The van der Waals surface area contributed by atoms with Gasteiger partial charge in [0.25, 0.3) is 5.91 Å². The van der Waals surface area contributed by atoms with Crippen LogP contribution in [0.4, 0.5) is 23.1 Å². The Bertz CT molecular complexity index is 1070. The first-order chi connectivity index (χ1) is 15.6. The maximum atomic E-state index is 12.2. The first-order valence-electron chi connectivity index (χ1n) is 10.6. The van der Waals surface area contributed by atoms with E-state index >= 15 is 0 Å². The number of carbonyl (C=O) groups excluding carboxylic acids is 1. The van der Waals surface area contributed by atoms with Gasteiger partial charge in [0.1, 0.15) is 11.6 Å². The number of aryl methyl sites for hydroxylation is 2. The number of nitrogens with zero attached hydrogens (tertiary/aromatic N) is 3. The van der Waals surface area contributed by atoms with Crippen molar-refractivity contribution < 1.29 is 14.3 Å². The van der Waals surface area contributed by atoms with Gasteiger partial charge >= 0.3 is 0 Å². The number of hydrogen-bond acceptors (Lipinski definition) is 7. The highest BCUT2D eigenvalue weighted by atomic mass is 16.5. The lowest BCUT2D eigenvalue weighted by Gasteiger charge is -2.28. The Morgan fingerprint density at radius 2 is 1.75 bits per heavy atom. The summed E-state index contributed by atoms with van der Waals surface area (Å²) in [6.07, 6.45) is 0. The summed E-state index contributed by atoms with van der Waals surface area (Å²) in [5.41, 5.74) is 3.40.